The lowest BCUT2D eigenvalue weighted by atomic mass is 10.0. The molecule has 2 aromatic rings. The van der Waals surface area contributed by atoms with Crippen molar-refractivity contribution in [3.05, 3.63) is 35.2 Å². The van der Waals surface area contributed by atoms with Crippen molar-refractivity contribution in [1.29, 1.82) is 0 Å². The van der Waals surface area contributed by atoms with Gasteiger partial charge in [0.25, 0.3) is 0 Å². The number of aryl methyl sites for hydroxylation is 1. The van der Waals surface area contributed by atoms with Gasteiger partial charge in [-0.15, -0.1) is 0 Å². The lowest BCUT2D eigenvalue weighted by Gasteiger charge is -2.37. The van der Waals surface area contributed by atoms with E-state index in [1.165, 1.54) is 0 Å². The fraction of sp³-hybridized carbons (Fsp3) is 0.500. The molecule has 0 unspecified atom stereocenters. The Balaban J connectivity index is 1.30. The summed E-state index contributed by atoms with van der Waals surface area (Å²) in [5.74, 6) is 0.546. The average Bonchev–Trinajstić information content (AvgIpc) is 3.30. The molecule has 1 aromatic carbocycles. The summed E-state index contributed by atoms with van der Waals surface area (Å²) in [7, 11) is 0. The van der Waals surface area contributed by atoms with Gasteiger partial charge in [0.1, 0.15) is 0 Å². The molecular weight excluding hydrogens is 358 g/mol. The molecule has 0 radical (unpaired) electrons. The Labute approximate surface area is 156 Å². The predicted octanol–water partition coefficient (Wildman–Crippen LogP) is 2.69. The van der Waals surface area contributed by atoms with Gasteiger partial charge in [-0.1, -0.05) is 28.9 Å². The molecule has 8 heteroatoms. The smallest absolute Gasteiger partial charge is 0.227 e. The van der Waals surface area contributed by atoms with Crippen LogP contribution in [0.1, 0.15) is 25.2 Å². The van der Waals surface area contributed by atoms with E-state index in [4.69, 9.17) is 25.6 Å². The van der Waals surface area contributed by atoms with E-state index in [9.17, 15) is 4.79 Å². The van der Waals surface area contributed by atoms with Crippen molar-refractivity contribution in [2.45, 2.75) is 31.5 Å². The number of ether oxygens (including phenoxy) is 2. The number of nitrogens with zero attached hydrogens (tertiary/aromatic N) is 3. The number of piperidine rings is 1. The molecule has 4 rings (SSSR count). The van der Waals surface area contributed by atoms with Crippen molar-refractivity contribution in [1.82, 2.24) is 15.0 Å². The molecule has 0 bridgehead atoms. The maximum atomic E-state index is 12.4. The molecule has 2 fully saturated rings. The Kier molecular flexibility index (Phi) is 4.93. The first-order chi connectivity index (χ1) is 12.6. The lowest BCUT2D eigenvalue weighted by molar-refractivity contribution is -0.187. The van der Waals surface area contributed by atoms with E-state index in [1.807, 2.05) is 17.0 Å². The minimum atomic E-state index is -0.463. The number of rotatable bonds is 4. The standard InChI is InChI=1S/C18H20ClN3O4/c19-14-3-1-2-13(12-14)17-20-15(26-21-17)4-5-16(23)22-8-6-18(7-9-22)24-10-11-25-18/h1-3,12H,4-11H2. The highest BCUT2D eigenvalue weighted by Crippen LogP contribution is 2.31. The van der Waals surface area contributed by atoms with Crippen molar-refractivity contribution in [2.75, 3.05) is 26.3 Å². The van der Waals surface area contributed by atoms with Crippen LogP contribution in [0.2, 0.25) is 5.02 Å². The SMILES string of the molecule is O=C(CCc1nc(-c2cccc(Cl)c2)no1)N1CCC2(CC1)OCCO2. The van der Waals surface area contributed by atoms with Crippen LogP contribution in [-0.2, 0) is 20.7 Å². The van der Waals surface area contributed by atoms with Crippen LogP contribution in [-0.4, -0.2) is 53.0 Å². The van der Waals surface area contributed by atoms with Gasteiger partial charge < -0.3 is 18.9 Å². The van der Waals surface area contributed by atoms with Crippen molar-refractivity contribution in [2.24, 2.45) is 0 Å². The molecule has 2 saturated heterocycles. The minimum absolute atomic E-state index is 0.0837. The number of likely N-dealkylation sites (tertiary alicyclic amines) is 1. The molecular formula is C18H20ClN3O4. The third kappa shape index (κ3) is 3.75. The van der Waals surface area contributed by atoms with Crippen molar-refractivity contribution in [3.63, 3.8) is 0 Å². The molecule has 7 nitrogen and oxygen atoms in total. The van der Waals surface area contributed by atoms with E-state index in [-0.39, 0.29) is 5.91 Å². The van der Waals surface area contributed by atoms with Crippen molar-refractivity contribution >= 4 is 17.5 Å². The van der Waals surface area contributed by atoms with Crippen LogP contribution in [0.15, 0.2) is 28.8 Å². The zero-order chi connectivity index (χ0) is 18.0. The summed E-state index contributed by atoms with van der Waals surface area (Å²) in [5.41, 5.74) is 0.789. The molecule has 1 aromatic heterocycles. The van der Waals surface area contributed by atoms with Crippen LogP contribution >= 0.6 is 11.6 Å². The molecule has 1 spiro atoms. The number of hydrogen-bond donors (Lipinski definition) is 0. The summed E-state index contributed by atoms with van der Waals surface area (Å²) < 4.78 is 16.6. The van der Waals surface area contributed by atoms with E-state index in [0.717, 1.165) is 18.4 Å². The Hall–Kier alpha value is -1.96. The van der Waals surface area contributed by atoms with Gasteiger partial charge in [-0.2, -0.15) is 4.98 Å². The van der Waals surface area contributed by atoms with E-state index >= 15 is 0 Å². The van der Waals surface area contributed by atoms with Crippen LogP contribution in [0, 0.1) is 0 Å². The Morgan fingerprint density at radius 3 is 2.73 bits per heavy atom. The number of halogens is 1. The summed E-state index contributed by atoms with van der Waals surface area (Å²) >= 11 is 5.98. The molecule has 0 saturated carbocycles. The summed E-state index contributed by atoms with van der Waals surface area (Å²) in [6.07, 6.45) is 2.20. The van der Waals surface area contributed by atoms with E-state index in [0.29, 0.717) is 55.9 Å². The van der Waals surface area contributed by atoms with Crippen LogP contribution in [0.5, 0.6) is 0 Å². The summed E-state index contributed by atoms with van der Waals surface area (Å²) in [5, 5.41) is 4.58. The molecule has 2 aliphatic rings. The summed E-state index contributed by atoms with van der Waals surface area (Å²) in [6, 6.07) is 7.26. The van der Waals surface area contributed by atoms with Gasteiger partial charge in [-0.25, -0.2) is 0 Å². The average molecular weight is 378 g/mol. The molecule has 0 aliphatic carbocycles. The predicted molar refractivity (Wildman–Crippen MR) is 93.5 cm³/mol. The lowest BCUT2D eigenvalue weighted by Crippen LogP contribution is -2.47. The molecule has 26 heavy (non-hydrogen) atoms. The Morgan fingerprint density at radius 1 is 1.23 bits per heavy atom. The number of amides is 1. The number of benzene rings is 1. The second-order valence-corrected chi connectivity index (χ2v) is 6.95. The minimum Gasteiger partial charge on any atom is -0.347 e. The van der Waals surface area contributed by atoms with Gasteiger partial charge in [0.05, 0.1) is 13.2 Å². The molecule has 1 amide bonds. The Morgan fingerprint density at radius 2 is 2.00 bits per heavy atom. The van der Waals surface area contributed by atoms with Gasteiger partial charge in [0.15, 0.2) is 5.79 Å². The number of carbonyl (C=O) groups is 1. The molecule has 138 valence electrons. The Bertz CT molecular complexity index is 778. The molecule has 0 atom stereocenters. The third-order valence-corrected chi connectivity index (χ3v) is 5.03. The number of aromatic nitrogens is 2. The van der Waals surface area contributed by atoms with Crippen molar-refractivity contribution in [3.8, 4) is 11.4 Å². The highest BCUT2D eigenvalue weighted by molar-refractivity contribution is 6.30. The molecule has 3 heterocycles. The summed E-state index contributed by atoms with van der Waals surface area (Å²) in [6.45, 7) is 2.58. The molecule has 2 aliphatic heterocycles. The monoisotopic (exact) mass is 377 g/mol. The summed E-state index contributed by atoms with van der Waals surface area (Å²) in [4.78, 5) is 18.6. The van der Waals surface area contributed by atoms with E-state index < -0.39 is 5.79 Å². The normalized spacial score (nSPS) is 19.2. The van der Waals surface area contributed by atoms with Gasteiger partial charge in [-0.3, -0.25) is 4.79 Å². The highest BCUT2D eigenvalue weighted by atomic mass is 35.5. The topological polar surface area (TPSA) is 77.7 Å². The maximum absolute atomic E-state index is 12.4. The first-order valence-electron chi connectivity index (χ1n) is 8.78. The molecule has 0 N–H and O–H groups in total. The second-order valence-electron chi connectivity index (χ2n) is 6.51. The van der Waals surface area contributed by atoms with E-state index in [1.54, 1.807) is 12.1 Å². The first-order valence-corrected chi connectivity index (χ1v) is 9.16. The quantitative estimate of drug-likeness (QED) is 0.815. The fourth-order valence-electron chi connectivity index (χ4n) is 3.36. The van der Waals surface area contributed by atoms with Crippen LogP contribution in [0.4, 0.5) is 0 Å². The number of carbonyl (C=O) groups excluding carboxylic acids is 1. The van der Waals surface area contributed by atoms with Crippen LogP contribution in [0.25, 0.3) is 11.4 Å². The van der Waals surface area contributed by atoms with Gasteiger partial charge >= 0.3 is 0 Å². The van der Waals surface area contributed by atoms with Crippen molar-refractivity contribution < 1.29 is 18.8 Å². The zero-order valence-electron chi connectivity index (χ0n) is 14.3. The third-order valence-electron chi connectivity index (χ3n) is 4.80. The maximum Gasteiger partial charge on any atom is 0.227 e. The van der Waals surface area contributed by atoms with Gasteiger partial charge in [0, 0.05) is 49.4 Å². The van der Waals surface area contributed by atoms with Gasteiger partial charge in [0.2, 0.25) is 17.6 Å². The number of hydrogen-bond acceptors (Lipinski definition) is 6. The highest BCUT2D eigenvalue weighted by Gasteiger charge is 2.40. The first kappa shape index (κ1) is 17.5. The largest absolute Gasteiger partial charge is 0.347 e. The zero-order valence-corrected chi connectivity index (χ0v) is 15.1. The second kappa shape index (κ2) is 7.34. The fourth-order valence-corrected chi connectivity index (χ4v) is 3.55. The van der Waals surface area contributed by atoms with Crippen LogP contribution in [0.3, 0.4) is 0 Å². The van der Waals surface area contributed by atoms with Crippen LogP contribution < -0.4 is 0 Å². The van der Waals surface area contributed by atoms with Gasteiger partial charge in [-0.05, 0) is 12.1 Å². The van der Waals surface area contributed by atoms with E-state index in [2.05, 4.69) is 10.1 Å².